The predicted molar refractivity (Wildman–Crippen MR) is 74.0 cm³/mol. The lowest BCUT2D eigenvalue weighted by Gasteiger charge is -2.07. The first-order valence-corrected chi connectivity index (χ1v) is 7.13. The van der Waals surface area contributed by atoms with Crippen LogP contribution in [0.1, 0.15) is 5.56 Å². The molecule has 0 bridgehead atoms. The third-order valence-corrected chi connectivity index (χ3v) is 3.76. The molecule has 1 N–H and O–H groups in total. The maximum Gasteiger partial charge on any atom is 0.446 e. The predicted octanol–water partition coefficient (Wildman–Crippen LogP) is 2.85. The van der Waals surface area contributed by atoms with E-state index in [9.17, 15) is 18.0 Å². The molecule has 1 fully saturated rings. The van der Waals surface area contributed by atoms with Crippen LogP contribution < -0.4 is 5.32 Å². The lowest BCUT2D eigenvalue weighted by molar-refractivity contribution is -0.116. The third kappa shape index (κ3) is 4.57. The van der Waals surface area contributed by atoms with Crippen molar-refractivity contribution in [3.8, 4) is 0 Å². The van der Waals surface area contributed by atoms with Gasteiger partial charge < -0.3 is 5.32 Å². The summed E-state index contributed by atoms with van der Waals surface area (Å²) in [5.74, 6) is 0.103. The number of carbonyl (C=O) groups is 1. The molecule has 1 heterocycles. The molecule has 1 saturated heterocycles. The van der Waals surface area contributed by atoms with Crippen LogP contribution in [0.5, 0.6) is 0 Å². The van der Waals surface area contributed by atoms with Crippen LogP contribution in [0.2, 0.25) is 0 Å². The van der Waals surface area contributed by atoms with E-state index in [4.69, 9.17) is 0 Å². The Bertz CT molecular complexity index is 572. The van der Waals surface area contributed by atoms with Gasteiger partial charge in [-0.1, -0.05) is 30.0 Å². The molecule has 1 amide bonds. The van der Waals surface area contributed by atoms with Gasteiger partial charge in [-0.05, 0) is 17.8 Å². The highest BCUT2D eigenvalue weighted by Gasteiger charge is 2.30. The third-order valence-electron chi connectivity index (χ3n) is 2.08. The van der Waals surface area contributed by atoms with E-state index in [0.717, 1.165) is 0 Å². The summed E-state index contributed by atoms with van der Waals surface area (Å²) >= 11 is 0.986. The summed E-state index contributed by atoms with van der Waals surface area (Å²) in [6.07, 6.45) is 1.23. The Morgan fingerprint density at radius 3 is 2.75 bits per heavy atom. The first-order valence-electron chi connectivity index (χ1n) is 5.32. The summed E-state index contributed by atoms with van der Waals surface area (Å²) in [4.78, 5) is 11.0. The van der Waals surface area contributed by atoms with Gasteiger partial charge in [0.05, 0.1) is 12.0 Å². The summed E-state index contributed by atoms with van der Waals surface area (Å²) in [6, 6.07) is 6.00. The molecular formula is C11H8F3N3OS2. The smallest absolute Gasteiger partial charge is 0.303 e. The normalized spacial score (nSPS) is 17.9. The number of alkyl halides is 3. The number of benzene rings is 1. The standard InChI is InChI=1S/C11H8F3N3OS2/c12-11(13,14)20-8-4-2-1-3-7(8)5-15-17-10-16-9(18)6-19-10/h1-5H,6H2,(H,16,17,18). The van der Waals surface area contributed by atoms with Crippen molar-refractivity contribution in [3.63, 3.8) is 0 Å². The fourth-order valence-corrected chi connectivity index (χ4v) is 2.59. The Hall–Kier alpha value is -1.48. The van der Waals surface area contributed by atoms with E-state index in [-0.39, 0.29) is 28.3 Å². The van der Waals surface area contributed by atoms with E-state index in [2.05, 4.69) is 15.5 Å². The molecule has 0 aromatic heterocycles. The number of thioether (sulfide) groups is 2. The minimum absolute atomic E-state index is 0.0482. The molecule has 2 rings (SSSR count). The van der Waals surface area contributed by atoms with E-state index in [1.165, 1.54) is 36.2 Å². The van der Waals surface area contributed by atoms with Crippen molar-refractivity contribution in [1.29, 1.82) is 0 Å². The van der Waals surface area contributed by atoms with E-state index in [1.54, 1.807) is 6.07 Å². The number of carbonyl (C=O) groups excluding carboxylic acids is 1. The van der Waals surface area contributed by atoms with Gasteiger partial charge in [-0.2, -0.15) is 18.3 Å². The number of amidine groups is 1. The lowest BCUT2D eigenvalue weighted by Crippen LogP contribution is -2.19. The first-order chi connectivity index (χ1) is 9.44. The number of nitrogens with one attached hydrogen (secondary N) is 1. The van der Waals surface area contributed by atoms with Gasteiger partial charge in [0.2, 0.25) is 5.91 Å². The number of rotatable bonds is 3. The van der Waals surface area contributed by atoms with E-state index in [0.29, 0.717) is 10.7 Å². The molecule has 0 spiro atoms. The van der Waals surface area contributed by atoms with E-state index in [1.807, 2.05) is 0 Å². The molecule has 9 heteroatoms. The summed E-state index contributed by atoms with van der Waals surface area (Å²) in [5.41, 5.74) is -4.04. The minimum atomic E-state index is -4.36. The van der Waals surface area contributed by atoms with Gasteiger partial charge in [0.1, 0.15) is 0 Å². The van der Waals surface area contributed by atoms with Crippen LogP contribution >= 0.6 is 23.5 Å². The number of hydrogen-bond acceptors (Lipinski definition) is 5. The second-order valence-electron chi connectivity index (χ2n) is 3.57. The summed E-state index contributed by atoms with van der Waals surface area (Å²) in [7, 11) is 0. The minimum Gasteiger partial charge on any atom is -0.303 e. The largest absolute Gasteiger partial charge is 0.446 e. The molecular weight excluding hydrogens is 311 g/mol. The maximum absolute atomic E-state index is 12.4. The quantitative estimate of drug-likeness (QED) is 0.529. The molecule has 0 aliphatic carbocycles. The molecule has 0 saturated carbocycles. The molecule has 1 aromatic carbocycles. The average molecular weight is 319 g/mol. The second-order valence-corrected chi connectivity index (χ2v) is 5.64. The number of hydrogen-bond donors (Lipinski definition) is 1. The van der Waals surface area contributed by atoms with Crippen molar-refractivity contribution in [2.75, 3.05) is 5.75 Å². The number of nitrogens with zero attached hydrogens (tertiary/aromatic N) is 2. The van der Waals surface area contributed by atoms with Crippen molar-refractivity contribution < 1.29 is 18.0 Å². The summed E-state index contributed by atoms with van der Waals surface area (Å²) in [5, 5.41) is 10.2. The Balaban J connectivity index is 2.11. The highest BCUT2D eigenvalue weighted by Crippen LogP contribution is 2.37. The van der Waals surface area contributed by atoms with Crippen molar-refractivity contribution in [2.24, 2.45) is 10.2 Å². The lowest BCUT2D eigenvalue weighted by atomic mass is 10.2. The molecule has 0 radical (unpaired) electrons. The zero-order valence-corrected chi connectivity index (χ0v) is 11.5. The number of amides is 1. The van der Waals surface area contributed by atoms with Gasteiger partial charge in [0.25, 0.3) is 0 Å². The Morgan fingerprint density at radius 2 is 2.10 bits per heavy atom. The molecule has 4 nitrogen and oxygen atoms in total. The molecule has 1 aliphatic rings. The van der Waals surface area contributed by atoms with Crippen LogP contribution in [0.3, 0.4) is 0 Å². The maximum atomic E-state index is 12.4. The van der Waals surface area contributed by atoms with Gasteiger partial charge in [0.15, 0.2) is 5.17 Å². The molecule has 20 heavy (non-hydrogen) atoms. The zero-order valence-electron chi connectivity index (χ0n) is 9.85. The van der Waals surface area contributed by atoms with Gasteiger partial charge in [0, 0.05) is 10.5 Å². The Morgan fingerprint density at radius 1 is 1.35 bits per heavy atom. The number of halogens is 3. The van der Waals surface area contributed by atoms with Gasteiger partial charge in [-0.25, -0.2) is 0 Å². The van der Waals surface area contributed by atoms with Crippen molar-refractivity contribution in [2.45, 2.75) is 10.4 Å². The van der Waals surface area contributed by atoms with Crippen LogP contribution in [-0.2, 0) is 4.79 Å². The fraction of sp³-hybridized carbons (Fsp3) is 0.182. The monoisotopic (exact) mass is 319 g/mol. The zero-order chi connectivity index (χ0) is 14.6. The van der Waals surface area contributed by atoms with Crippen molar-refractivity contribution in [3.05, 3.63) is 29.8 Å². The Labute approximate surface area is 120 Å². The molecule has 106 valence electrons. The second kappa shape index (κ2) is 6.31. The fourth-order valence-electron chi connectivity index (χ4n) is 1.33. The van der Waals surface area contributed by atoms with E-state index >= 15 is 0 Å². The average Bonchev–Trinajstić information content (AvgIpc) is 2.75. The van der Waals surface area contributed by atoms with Crippen LogP contribution in [-0.4, -0.2) is 28.6 Å². The summed E-state index contributed by atoms with van der Waals surface area (Å²) < 4.78 is 37.1. The Kier molecular flexibility index (Phi) is 4.71. The van der Waals surface area contributed by atoms with Crippen LogP contribution in [0.4, 0.5) is 13.2 Å². The van der Waals surface area contributed by atoms with Crippen LogP contribution in [0.15, 0.2) is 39.4 Å². The van der Waals surface area contributed by atoms with Crippen molar-refractivity contribution in [1.82, 2.24) is 5.32 Å². The highest BCUT2D eigenvalue weighted by atomic mass is 32.2. The summed E-state index contributed by atoms with van der Waals surface area (Å²) in [6.45, 7) is 0. The molecule has 1 aliphatic heterocycles. The topological polar surface area (TPSA) is 53.8 Å². The molecule has 1 aromatic rings. The van der Waals surface area contributed by atoms with Gasteiger partial charge in [-0.15, -0.1) is 5.10 Å². The SMILES string of the molecule is O=C1CSC(=NN=Cc2ccccc2SC(F)(F)F)N1. The molecule has 0 atom stereocenters. The van der Waals surface area contributed by atoms with Crippen LogP contribution in [0, 0.1) is 0 Å². The van der Waals surface area contributed by atoms with Gasteiger partial charge >= 0.3 is 5.51 Å². The highest BCUT2D eigenvalue weighted by molar-refractivity contribution is 8.15. The van der Waals surface area contributed by atoms with E-state index < -0.39 is 5.51 Å². The first kappa shape index (κ1) is 14.9. The van der Waals surface area contributed by atoms with Crippen LogP contribution in [0.25, 0.3) is 0 Å². The van der Waals surface area contributed by atoms with Crippen molar-refractivity contribution >= 4 is 40.8 Å². The molecule has 0 unspecified atom stereocenters. The van der Waals surface area contributed by atoms with Gasteiger partial charge in [-0.3, -0.25) is 4.79 Å².